The Kier molecular flexibility index (Phi) is 4.70. The zero-order valence-corrected chi connectivity index (χ0v) is 13.1. The number of aryl methyl sites for hydroxylation is 1. The molecule has 1 heterocycles. The van der Waals surface area contributed by atoms with Gasteiger partial charge in [-0.05, 0) is 33.4 Å². The van der Waals surface area contributed by atoms with Gasteiger partial charge in [0.2, 0.25) is 0 Å². The summed E-state index contributed by atoms with van der Waals surface area (Å²) < 4.78 is 2.10. The van der Waals surface area contributed by atoms with E-state index >= 15 is 0 Å². The molecule has 1 fully saturated rings. The molecular formula is C13H22N4O2S. The van der Waals surface area contributed by atoms with Crippen LogP contribution in [0, 0.1) is 0 Å². The summed E-state index contributed by atoms with van der Waals surface area (Å²) in [6, 6.07) is 0. The molecule has 7 heteroatoms. The standard InChI is InChI=1S/C13H22N4O2S/c1-4-10-14-15-12(20-8-11(18)19)17(10)9-13(16(2)3)6-5-7-13/h4-9H2,1-3H3,(H,18,19). The van der Waals surface area contributed by atoms with E-state index in [9.17, 15) is 4.79 Å². The Balaban J connectivity index is 2.20. The Morgan fingerprint density at radius 3 is 2.60 bits per heavy atom. The molecule has 0 spiro atoms. The van der Waals surface area contributed by atoms with Crippen molar-refractivity contribution >= 4 is 17.7 Å². The van der Waals surface area contributed by atoms with Gasteiger partial charge in [0.05, 0.1) is 5.75 Å². The number of nitrogens with zero attached hydrogens (tertiary/aromatic N) is 4. The van der Waals surface area contributed by atoms with Crippen LogP contribution in [0.2, 0.25) is 0 Å². The number of carbonyl (C=O) groups is 1. The van der Waals surface area contributed by atoms with E-state index in [1.54, 1.807) is 0 Å². The second kappa shape index (κ2) is 6.13. The third-order valence-corrected chi connectivity index (χ3v) is 5.07. The summed E-state index contributed by atoms with van der Waals surface area (Å²) in [5.41, 5.74) is 0.171. The molecule has 0 saturated heterocycles. The lowest BCUT2D eigenvalue weighted by atomic mass is 9.75. The van der Waals surface area contributed by atoms with Crippen molar-refractivity contribution in [2.75, 3.05) is 19.8 Å². The highest BCUT2D eigenvalue weighted by Crippen LogP contribution is 2.38. The monoisotopic (exact) mass is 298 g/mol. The number of carboxylic acids is 1. The molecule has 1 saturated carbocycles. The number of likely N-dealkylation sites (N-methyl/N-ethyl adjacent to an activating group) is 1. The molecule has 0 unspecified atom stereocenters. The molecule has 20 heavy (non-hydrogen) atoms. The predicted octanol–water partition coefficient (Wildman–Crippen LogP) is 1.50. The molecule has 0 radical (unpaired) electrons. The van der Waals surface area contributed by atoms with E-state index < -0.39 is 5.97 Å². The van der Waals surface area contributed by atoms with E-state index in [0.29, 0.717) is 0 Å². The molecule has 2 rings (SSSR count). The van der Waals surface area contributed by atoms with E-state index in [4.69, 9.17) is 5.11 Å². The lowest BCUT2D eigenvalue weighted by Gasteiger charge is -2.47. The van der Waals surface area contributed by atoms with Crippen LogP contribution in [0.5, 0.6) is 0 Å². The zero-order chi connectivity index (χ0) is 14.8. The summed E-state index contributed by atoms with van der Waals surface area (Å²) in [6.07, 6.45) is 4.40. The van der Waals surface area contributed by atoms with Crippen molar-refractivity contribution < 1.29 is 9.90 Å². The number of aromatic nitrogens is 3. The molecule has 0 aliphatic heterocycles. The average molecular weight is 298 g/mol. The minimum absolute atomic E-state index is 0.0246. The van der Waals surface area contributed by atoms with Crippen molar-refractivity contribution in [3.05, 3.63) is 5.82 Å². The molecule has 6 nitrogen and oxygen atoms in total. The summed E-state index contributed by atoms with van der Waals surface area (Å²) >= 11 is 1.25. The number of rotatable bonds is 7. The van der Waals surface area contributed by atoms with Gasteiger partial charge in [0.25, 0.3) is 0 Å². The summed E-state index contributed by atoms with van der Waals surface area (Å²) in [6.45, 7) is 2.90. The van der Waals surface area contributed by atoms with Crippen molar-refractivity contribution in [2.24, 2.45) is 0 Å². The molecule has 0 atom stereocenters. The molecule has 112 valence electrons. The van der Waals surface area contributed by atoms with Crippen LogP contribution in [0.1, 0.15) is 32.0 Å². The maximum absolute atomic E-state index is 10.7. The first kappa shape index (κ1) is 15.3. The number of carboxylic acid groups (broad SMARTS) is 1. The van der Waals surface area contributed by atoms with Crippen molar-refractivity contribution in [1.82, 2.24) is 19.7 Å². The molecule has 1 aromatic heterocycles. The molecular weight excluding hydrogens is 276 g/mol. The fourth-order valence-corrected chi connectivity index (χ4v) is 3.28. The first-order valence-electron chi connectivity index (χ1n) is 6.92. The topological polar surface area (TPSA) is 71.2 Å². The second-order valence-electron chi connectivity index (χ2n) is 5.49. The minimum Gasteiger partial charge on any atom is -0.481 e. The van der Waals surface area contributed by atoms with Crippen LogP contribution in [0.4, 0.5) is 0 Å². The summed E-state index contributed by atoms with van der Waals surface area (Å²) in [4.78, 5) is 13.0. The van der Waals surface area contributed by atoms with Crippen LogP contribution in [-0.2, 0) is 17.8 Å². The van der Waals surface area contributed by atoms with Gasteiger partial charge in [0.1, 0.15) is 5.82 Å². The first-order valence-corrected chi connectivity index (χ1v) is 7.91. The molecule has 0 bridgehead atoms. The number of hydrogen-bond donors (Lipinski definition) is 1. The number of aliphatic carboxylic acids is 1. The van der Waals surface area contributed by atoms with E-state index in [2.05, 4.69) is 40.7 Å². The SMILES string of the molecule is CCc1nnc(SCC(=O)O)n1CC1(N(C)C)CCC1. The Morgan fingerprint density at radius 1 is 1.45 bits per heavy atom. The predicted molar refractivity (Wildman–Crippen MR) is 78.0 cm³/mol. The molecule has 1 aromatic rings. The highest BCUT2D eigenvalue weighted by atomic mass is 32.2. The van der Waals surface area contributed by atoms with Crippen molar-refractivity contribution in [3.63, 3.8) is 0 Å². The van der Waals surface area contributed by atoms with Crippen molar-refractivity contribution in [2.45, 2.75) is 49.8 Å². The third kappa shape index (κ3) is 2.98. The average Bonchev–Trinajstić information content (AvgIpc) is 2.72. The van der Waals surface area contributed by atoms with Crippen LogP contribution >= 0.6 is 11.8 Å². The van der Waals surface area contributed by atoms with E-state index in [1.807, 2.05) is 0 Å². The van der Waals surface area contributed by atoms with Gasteiger partial charge in [-0.2, -0.15) is 0 Å². The van der Waals surface area contributed by atoms with Gasteiger partial charge in [-0.1, -0.05) is 18.7 Å². The van der Waals surface area contributed by atoms with E-state index in [-0.39, 0.29) is 11.3 Å². The molecule has 0 aromatic carbocycles. The van der Waals surface area contributed by atoms with Gasteiger partial charge >= 0.3 is 5.97 Å². The van der Waals surface area contributed by atoms with Crippen LogP contribution in [0.3, 0.4) is 0 Å². The maximum atomic E-state index is 10.7. The van der Waals surface area contributed by atoms with Gasteiger partial charge in [0, 0.05) is 18.5 Å². The first-order chi connectivity index (χ1) is 9.48. The van der Waals surface area contributed by atoms with Crippen LogP contribution in [0.25, 0.3) is 0 Å². The van der Waals surface area contributed by atoms with Crippen LogP contribution in [0.15, 0.2) is 5.16 Å². The lowest BCUT2D eigenvalue weighted by molar-refractivity contribution is -0.133. The lowest BCUT2D eigenvalue weighted by Crippen LogP contribution is -2.53. The molecule has 0 amide bonds. The van der Waals surface area contributed by atoms with E-state index in [0.717, 1.165) is 23.9 Å². The molecule has 1 aliphatic rings. The quantitative estimate of drug-likeness (QED) is 0.769. The molecule has 1 N–H and O–H groups in total. The minimum atomic E-state index is -0.825. The summed E-state index contributed by atoms with van der Waals surface area (Å²) in [5, 5.41) is 17.9. The van der Waals surface area contributed by atoms with Gasteiger partial charge in [-0.3, -0.25) is 4.79 Å². The maximum Gasteiger partial charge on any atom is 0.313 e. The van der Waals surface area contributed by atoms with Gasteiger partial charge in [-0.15, -0.1) is 10.2 Å². The Bertz CT molecular complexity index is 483. The highest BCUT2D eigenvalue weighted by Gasteiger charge is 2.40. The Hall–Kier alpha value is -1.08. The fraction of sp³-hybridized carbons (Fsp3) is 0.769. The smallest absolute Gasteiger partial charge is 0.313 e. The fourth-order valence-electron chi connectivity index (χ4n) is 2.60. The largest absolute Gasteiger partial charge is 0.481 e. The second-order valence-corrected chi connectivity index (χ2v) is 6.44. The van der Waals surface area contributed by atoms with Gasteiger partial charge in [-0.25, -0.2) is 0 Å². The third-order valence-electron chi connectivity index (χ3n) is 4.12. The van der Waals surface area contributed by atoms with Gasteiger partial charge < -0.3 is 14.6 Å². The Labute approximate surface area is 123 Å². The summed E-state index contributed by atoms with van der Waals surface area (Å²) in [7, 11) is 4.22. The zero-order valence-electron chi connectivity index (χ0n) is 12.3. The van der Waals surface area contributed by atoms with E-state index in [1.165, 1.54) is 31.0 Å². The van der Waals surface area contributed by atoms with Crippen LogP contribution in [-0.4, -0.2) is 56.1 Å². The number of hydrogen-bond acceptors (Lipinski definition) is 5. The molecule has 1 aliphatic carbocycles. The number of thioether (sulfide) groups is 1. The van der Waals surface area contributed by atoms with Crippen LogP contribution < -0.4 is 0 Å². The highest BCUT2D eigenvalue weighted by molar-refractivity contribution is 7.99. The summed E-state index contributed by atoms with van der Waals surface area (Å²) in [5.74, 6) is 0.135. The normalized spacial score (nSPS) is 17.2. The Morgan fingerprint density at radius 2 is 2.15 bits per heavy atom. The van der Waals surface area contributed by atoms with Crippen molar-refractivity contribution in [3.8, 4) is 0 Å². The van der Waals surface area contributed by atoms with Crippen molar-refractivity contribution in [1.29, 1.82) is 0 Å². The van der Waals surface area contributed by atoms with Gasteiger partial charge in [0.15, 0.2) is 5.16 Å².